The number of H-pyrrole nitrogens is 1. The maximum atomic E-state index is 13.6. The molecule has 2 aromatic carbocycles. The fraction of sp³-hybridized carbons (Fsp3) is 0.280. The van der Waals surface area contributed by atoms with Crippen molar-refractivity contribution in [2.75, 3.05) is 25.1 Å². The number of carbonyl (C=O) groups is 1. The van der Waals surface area contributed by atoms with Gasteiger partial charge in [-0.3, -0.25) is 9.59 Å². The zero-order valence-electron chi connectivity index (χ0n) is 18.4. The summed E-state index contributed by atoms with van der Waals surface area (Å²) in [5.41, 5.74) is 8.91. The molecule has 1 spiro atoms. The Morgan fingerprint density at radius 2 is 1.97 bits per heavy atom. The molecule has 0 saturated carbocycles. The lowest BCUT2D eigenvalue weighted by Crippen LogP contribution is -2.65. The van der Waals surface area contributed by atoms with E-state index in [9.17, 15) is 14.0 Å². The van der Waals surface area contributed by atoms with Crippen LogP contribution in [0.2, 0.25) is 0 Å². The minimum atomic E-state index is -0.431. The highest BCUT2D eigenvalue weighted by Crippen LogP contribution is 2.35. The zero-order valence-corrected chi connectivity index (χ0v) is 18.4. The van der Waals surface area contributed by atoms with Crippen LogP contribution in [-0.2, 0) is 4.74 Å². The first-order valence-electron chi connectivity index (χ1n) is 11.2. The molecule has 34 heavy (non-hydrogen) atoms. The number of amides is 1. The summed E-state index contributed by atoms with van der Waals surface area (Å²) in [6.07, 6.45) is 4.52. The third kappa shape index (κ3) is 3.99. The summed E-state index contributed by atoms with van der Waals surface area (Å²) in [6.45, 7) is 1.94. The Hall–Kier alpha value is -3.85. The van der Waals surface area contributed by atoms with Gasteiger partial charge in [0.25, 0.3) is 11.5 Å². The number of benzene rings is 2. The van der Waals surface area contributed by atoms with Gasteiger partial charge in [0, 0.05) is 34.9 Å². The second-order valence-electron chi connectivity index (χ2n) is 8.74. The quantitative estimate of drug-likeness (QED) is 0.486. The third-order valence-corrected chi connectivity index (χ3v) is 6.54. The van der Waals surface area contributed by atoms with Crippen molar-refractivity contribution in [1.82, 2.24) is 9.88 Å². The Morgan fingerprint density at radius 3 is 2.68 bits per heavy atom. The van der Waals surface area contributed by atoms with E-state index in [1.807, 2.05) is 4.90 Å². The third-order valence-electron chi connectivity index (χ3n) is 6.54. The van der Waals surface area contributed by atoms with Crippen LogP contribution in [0.3, 0.4) is 0 Å². The average Bonchev–Trinajstić information content (AvgIpc) is 2.83. The van der Waals surface area contributed by atoms with Crippen molar-refractivity contribution in [3.63, 3.8) is 0 Å². The molecule has 2 aliphatic heterocycles. The van der Waals surface area contributed by atoms with Gasteiger partial charge in [0.2, 0.25) is 0 Å². The number of nitrogens with one attached hydrogen (secondary N) is 3. The van der Waals surface area contributed by atoms with Gasteiger partial charge < -0.3 is 19.9 Å². The van der Waals surface area contributed by atoms with Crippen LogP contribution >= 0.6 is 0 Å². The van der Waals surface area contributed by atoms with Crippen molar-refractivity contribution in [3.05, 3.63) is 82.0 Å². The number of fused-ring (bicyclic) bond motifs is 1. The Labute approximate surface area is 194 Å². The molecule has 0 aliphatic carbocycles. The number of anilines is 1. The second kappa shape index (κ2) is 8.83. The van der Waals surface area contributed by atoms with Crippen LogP contribution < -0.4 is 10.9 Å². The molecule has 2 aliphatic rings. The molecule has 2 saturated heterocycles. The molecule has 174 valence electrons. The van der Waals surface area contributed by atoms with E-state index >= 15 is 0 Å². The molecule has 3 N–H and O–H groups in total. The van der Waals surface area contributed by atoms with E-state index in [0.29, 0.717) is 35.4 Å². The predicted molar refractivity (Wildman–Crippen MR) is 126 cm³/mol. The molecule has 0 atom stereocenters. The summed E-state index contributed by atoms with van der Waals surface area (Å²) < 4.78 is 19.0. The maximum Gasteiger partial charge on any atom is 0.258 e. The van der Waals surface area contributed by atoms with Gasteiger partial charge in [0.05, 0.1) is 24.3 Å². The van der Waals surface area contributed by atoms with Crippen LogP contribution in [-0.4, -0.2) is 41.1 Å². The lowest BCUT2D eigenvalue weighted by molar-refractivity contribution is -0.139. The smallest absolute Gasteiger partial charge is 0.258 e. The van der Waals surface area contributed by atoms with E-state index in [1.165, 1.54) is 30.5 Å². The zero-order chi connectivity index (χ0) is 23.7. The number of hydrogen-bond acceptors (Lipinski definition) is 6. The maximum absolute atomic E-state index is 13.6. The minimum absolute atomic E-state index is 0.00173. The first-order chi connectivity index (χ1) is 16.5. The van der Waals surface area contributed by atoms with Gasteiger partial charge in [0.15, 0.2) is 0 Å². The van der Waals surface area contributed by atoms with E-state index in [2.05, 4.69) is 15.4 Å². The number of hydrogen-bond donors (Lipinski definition) is 3. The Kier molecular flexibility index (Phi) is 5.70. The molecule has 0 bridgehead atoms. The number of carbonyl (C=O) groups excluding carboxylic acids is 1. The van der Waals surface area contributed by atoms with Crippen LogP contribution in [0.25, 0.3) is 16.6 Å². The van der Waals surface area contributed by atoms with Crippen molar-refractivity contribution < 1.29 is 13.9 Å². The molecular weight excluding hydrogens is 437 g/mol. The number of likely N-dealkylation sites (tertiary alicyclic amines) is 1. The van der Waals surface area contributed by atoms with Crippen LogP contribution in [0.15, 0.2) is 64.6 Å². The number of halogens is 1. The molecule has 1 amide bonds. The number of pyridine rings is 1. The Balaban J connectivity index is 1.34. The SMILES string of the molecule is N=N/C(=C\Nc1ccc(C(=O)N2CCCCC23COC3)cc1)c1cc2cc(F)ccc2[nH]c1=O. The molecule has 0 radical (unpaired) electrons. The van der Waals surface area contributed by atoms with Crippen LogP contribution in [0.5, 0.6) is 0 Å². The van der Waals surface area contributed by atoms with E-state index in [1.54, 1.807) is 24.3 Å². The van der Waals surface area contributed by atoms with Gasteiger partial charge in [-0.15, -0.1) is 0 Å². The number of aromatic nitrogens is 1. The highest BCUT2D eigenvalue weighted by atomic mass is 19.1. The topological polar surface area (TPSA) is 111 Å². The molecule has 3 aromatic rings. The highest BCUT2D eigenvalue weighted by molar-refractivity contribution is 5.95. The number of nitrogens with zero attached hydrogens (tertiary/aromatic N) is 2. The van der Waals surface area contributed by atoms with Gasteiger partial charge in [-0.1, -0.05) is 0 Å². The normalized spacial score (nSPS) is 17.4. The van der Waals surface area contributed by atoms with Gasteiger partial charge in [-0.05, 0) is 67.8 Å². The van der Waals surface area contributed by atoms with Gasteiger partial charge >= 0.3 is 0 Å². The van der Waals surface area contributed by atoms with Crippen molar-refractivity contribution in [2.24, 2.45) is 5.11 Å². The van der Waals surface area contributed by atoms with Crippen LogP contribution in [0, 0.1) is 11.3 Å². The summed E-state index contributed by atoms with van der Waals surface area (Å²) in [5, 5.41) is 6.98. The van der Waals surface area contributed by atoms with Gasteiger partial charge in [-0.2, -0.15) is 5.11 Å². The lowest BCUT2D eigenvalue weighted by atomic mass is 9.84. The van der Waals surface area contributed by atoms with E-state index in [-0.39, 0.29) is 22.7 Å². The van der Waals surface area contributed by atoms with E-state index in [0.717, 1.165) is 25.8 Å². The molecule has 5 rings (SSSR count). The average molecular weight is 461 g/mol. The number of aromatic amines is 1. The summed E-state index contributed by atoms with van der Waals surface area (Å²) in [7, 11) is 0. The molecule has 9 heteroatoms. The Bertz CT molecular complexity index is 1340. The van der Waals surface area contributed by atoms with E-state index < -0.39 is 11.4 Å². The largest absolute Gasteiger partial charge is 0.376 e. The molecule has 3 heterocycles. The van der Waals surface area contributed by atoms with Crippen LogP contribution in [0.1, 0.15) is 35.2 Å². The molecule has 1 aromatic heterocycles. The summed E-state index contributed by atoms with van der Waals surface area (Å²) >= 11 is 0. The van der Waals surface area contributed by atoms with Gasteiger partial charge in [0.1, 0.15) is 11.5 Å². The predicted octanol–water partition coefficient (Wildman–Crippen LogP) is 4.50. The molecular formula is C25H24FN5O3. The lowest BCUT2D eigenvalue weighted by Gasteiger charge is -2.52. The van der Waals surface area contributed by atoms with E-state index in [4.69, 9.17) is 10.3 Å². The second-order valence-corrected chi connectivity index (χ2v) is 8.74. The number of ether oxygens (including phenoxy) is 1. The fourth-order valence-electron chi connectivity index (χ4n) is 4.61. The first-order valence-corrected chi connectivity index (χ1v) is 11.2. The van der Waals surface area contributed by atoms with Crippen molar-refractivity contribution in [3.8, 4) is 0 Å². The van der Waals surface area contributed by atoms with Gasteiger partial charge in [-0.25, -0.2) is 9.92 Å². The van der Waals surface area contributed by atoms with Crippen LogP contribution in [0.4, 0.5) is 10.1 Å². The summed E-state index contributed by atoms with van der Waals surface area (Å²) in [4.78, 5) is 30.2. The molecule has 2 fully saturated rings. The summed E-state index contributed by atoms with van der Waals surface area (Å²) in [5.74, 6) is -0.422. The highest BCUT2D eigenvalue weighted by Gasteiger charge is 2.47. The first kappa shape index (κ1) is 22.0. The minimum Gasteiger partial charge on any atom is -0.376 e. The van der Waals surface area contributed by atoms with Crippen molar-refractivity contribution in [2.45, 2.75) is 24.8 Å². The fourth-order valence-corrected chi connectivity index (χ4v) is 4.61. The summed E-state index contributed by atoms with van der Waals surface area (Å²) in [6, 6.07) is 12.6. The standard InChI is InChI=1S/C25H24FN5O3/c26-18-5-8-21-17(11-18)12-20(23(32)29-21)22(30-27)13-28-19-6-3-16(4-7-19)24(33)31-10-2-1-9-25(31)14-34-15-25/h3-8,11-13,27-28H,1-2,9-10,14-15H2,(H,29,32)/b22-13-,30-27?. The Morgan fingerprint density at radius 1 is 1.18 bits per heavy atom. The molecule has 0 unspecified atom stereocenters. The number of piperidine rings is 1. The van der Waals surface area contributed by atoms with Crippen molar-refractivity contribution in [1.29, 1.82) is 5.53 Å². The monoisotopic (exact) mass is 461 g/mol. The van der Waals surface area contributed by atoms with Crippen molar-refractivity contribution >= 4 is 28.2 Å². The molecule has 8 nitrogen and oxygen atoms in total. The number of rotatable bonds is 5.